The summed E-state index contributed by atoms with van der Waals surface area (Å²) in [5.41, 5.74) is 6.30. The van der Waals surface area contributed by atoms with Gasteiger partial charge in [-0.2, -0.15) is 0 Å². The first-order valence-electron chi connectivity index (χ1n) is 2.84. The maximum Gasteiger partial charge on any atom is 0.117 e. The van der Waals surface area contributed by atoms with Crippen molar-refractivity contribution in [2.45, 2.75) is 6.67 Å². The summed E-state index contributed by atoms with van der Waals surface area (Å²) in [6.45, 7) is -0.563. The van der Waals surface area contributed by atoms with Crippen molar-refractivity contribution in [3.63, 3.8) is 0 Å². The van der Waals surface area contributed by atoms with E-state index in [0.717, 1.165) is 0 Å². The average Bonchev–Trinajstić information content (AvgIpc) is 1.94. The van der Waals surface area contributed by atoms with Gasteiger partial charge in [-0.25, -0.2) is 4.39 Å². The molecule has 0 amide bonds. The fourth-order valence-electron chi connectivity index (χ4n) is 0.690. The Morgan fingerprint density at radius 3 is 2.70 bits per heavy atom. The molecule has 0 bridgehead atoms. The molecule has 0 unspecified atom stereocenters. The van der Waals surface area contributed by atoms with Crippen molar-refractivity contribution in [2.75, 3.05) is 5.73 Å². The maximum absolute atomic E-state index is 12.0. The molecule has 0 spiro atoms. The second-order valence-corrected chi connectivity index (χ2v) is 2.41. The molecule has 0 heterocycles. The molecule has 2 N–H and O–H groups in total. The first-order valence-corrected chi connectivity index (χ1v) is 3.21. The molecular formula is C7H7ClFN. The van der Waals surface area contributed by atoms with E-state index in [4.69, 9.17) is 17.3 Å². The van der Waals surface area contributed by atoms with Gasteiger partial charge in [-0.15, -0.1) is 0 Å². The van der Waals surface area contributed by atoms with Crippen LogP contribution in [-0.2, 0) is 6.67 Å². The summed E-state index contributed by atoms with van der Waals surface area (Å²) in [4.78, 5) is 0. The van der Waals surface area contributed by atoms with E-state index in [0.29, 0.717) is 16.3 Å². The molecule has 1 rings (SSSR count). The molecule has 0 aliphatic rings. The van der Waals surface area contributed by atoms with E-state index in [1.807, 2.05) is 0 Å². The van der Waals surface area contributed by atoms with Crippen LogP contribution in [0.3, 0.4) is 0 Å². The van der Waals surface area contributed by atoms with E-state index in [-0.39, 0.29) is 0 Å². The van der Waals surface area contributed by atoms with Crippen LogP contribution in [0.2, 0.25) is 5.02 Å². The molecule has 1 nitrogen and oxygen atoms in total. The average molecular weight is 160 g/mol. The second-order valence-electron chi connectivity index (χ2n) is 1.98. The van der Waals surface area contributed by atoms with Crippen molar-refractivity contribution < 1.29 is 4.39 Å². The van der Waals surface area contributed by atoms with E-state index in [9.17, 15) is 4.39 Å². The minimum Gasteiger partial charge on any atom is -0.398 e. The summed E-state index contributed by atoms with van der Waals surface area (Å²) in [6, 6.07) is 4.75. The fraction of sp³-hybridized carbons (Fsp3) is 0.143. The lowest BCUT2D eigenvalue weighted by Crippen LogP contribution is -1.90. The van der Waals surface area contributed by atoms with Gasteiger partial charge < -0.3 is 5.73 Å². The Labute approximate surface area is 63.6 Å². The lowest BCUT2D eigenvalue weighted by molar-refractivity contribution is 0.486. The number of nitrogens with two attached hydrogens (primary N) is 1. The third kappa shape index (κ3) is 1.39. The summed E-state index contributed by atoms with van der Waals surface area (Å²) in [5, 5.41) is 0.516. The minimum absolute atomic E-state index is 0.451. The van der Waals surface area contributed by atoms with E-state index in [1.54, 1.807) is 12.1 Å². The Kier molecular flexibility index (Phi) is 2.12. The van der Waals surface area contributed by atoms with Crippen LogP contribution in [-0.4, -0.2) is 0 Å². The van der Waals surface area contributed by atoms with Crippen molar-refractivity contribution in [3.05, 3.63) is 28.8 Å². The molecule has 54 valence electrons. The number of halogens is 2. The lowest BCUT2D eigenvalue weighted by Gasteiger charge is -1.99. The Hall–Kier alpha value is -0.760. The van der Waals surface area contributed by atoms with Gasteiger partial charge in [0.1, 0.15) is 6.67 Å². The van der Waals surface area contributed by atoms with Crippen LogP contribution in [0.5, 0.6) is 0 Å². The van der Waals surface area contributed by atoms with Crippen LogP contribution >= 0.6 is 11.6 Å². The van der Waals surface area contributed by atoms with E-state index in [1.165, 1.54) is 6.07 Å². The predicted molar refractivity (Wildman–Crippen MR) is 40.7 cm³/mol. The molecule has 10 heavy (non-hydrogen) atoms. The van der Waals surface area contributed by atoms with Crippen molar-refractivity contribution in [1.29, 1.82) is 0 Å². The van der Waals surface area contributed by atoms with Gasteiger partial charge in [0.15, 0.2) is 0 Å². The van der Waals surface area contributed by atoms with Crippen LogP contribution in [0, 0.1) is 0 Å². The summed E-state index contributed by atoms with van der Waals surface area (Å²) in [5.74, 6) is 0. The molecule has 3 heteroatoms. The topological polar surface area (TPSA) is 26.0 Å². The van der Waals surface area contributed by atoms with Crippen molar-refractivity contribution in [2.24, 2.45) is 0 Å². The molecule has 1 aromatic rings. The molecule has 0 saturated heterocycles. The highest BCUT2D eigenvalue weighted by molar-refractivity contribution is 6.30. The van der Waals surface area contributed by atoms with Gasteiger partial charge in [0.2, 0.25) is 0 Å². The highest BCUT2D eigenvalue weighted by atomic mass is 35.5. The summed E-state index contributed by atoms with van der Waals surface area (Å²) in [6.07, 6.45) is 0. The van der Waals surface area contributed by atoms with Gasteiger partial charge in [-0.05, 0) is 18.2 Å². The molecule has 0 fully saturated rings. The van der Waals surface area contributed by atoms with E-state index < -0.39 is 6.67 Å². The normalized spacial score (nSPS) is 9.80. The summed E-state index contributed by atoms with van der Waals surface area (Å²) in [7, 11) is 0. The molecule has 0 aliphatic carbocycles. The van der Waals surface area contributed by atoms with Crippen molar-refractivity contribution in [1.82, 2.24) is 0 Å². The number of benzene rings is 1. The number of hydrogen-bond donors (Lipinski definition) is 1. The number of hydrogen-bond acceptors (Lipinski definition) is 1. The summed E-state index contributed by atoms with van der Waals surface area (Å²) < 4.78 is 12.0. The van der Waals surface area contributed by atoms with Gasteiger partial charge in [-0.3, -0.25) is 0 Å². The fourth-order valence-corrected chi connectivity index (χ4v) is 0.885. The second kappa shape index (κ2) is 2.88. The highest BCUT2D eigenvalue weighted by Crippen LogP contribution is 2.18. The number of anilines is 1. The van der Waals surface area contributed by atoms with E-state index in [2.05, 4.69) is 0 Å². The molecular weight excluding hydrogens is 153 g/mol. The van der Waals surface area contributed by atoms with Gasteiger partial charge in [0.25, 0.3) is 0 Å². The zero-order valence-corrected chi connectivity index (χ0v) is 6.03. The van der Waals surface area contributed by atoms with Crippen molar-refractivity contribution >= 4 is 17.3 Å². The molecule has 1 aromatic carbocycles. The molecule has 0 saturated carbocycles. The van der Waals surface area contributed by atoms with Gasteiger partial charge in [0, 0.05) is 16.3 Å². The summed E-state index contributed by atoms with van der Waals surface area (Å²) >= 11 is 5.57. The van der Waals surface area contributed by atoms with Gasteiger partial charge >= 0.3 is 0 Å². The Balaban J connectivity index is 3.09. The zero-order valence-electron chi connectivity index (χ0n) is 5.27. The predicted octanol–water partition coefficient (Wildman–Crippen LogP) is 2.39. The van der Waals surface area contributed by atoms with Crippen LogP contribution < -0.4 is 5.73 Å². The lowest BCUT2D eigenvalue weighted by atomic mass is 10.2. The van der Waals surface area contributed by atoms with Gasteiger partial charge in [-0.1, -0.05) is 11.6 Å². The van der Waals surface area contributed by atoms with Crippen LogP contribution in [0.4, 0.5) is 10.1 Å². The standard InChI is InChI=1S/C7H7ClFN/c8-6-1-2-7(10)5(3-6)4-9/h1-3H,4,10H2. The molecule has 0 radical (unpaired) electrons. The SMILES string of the molecule is Nc1ccc(Cl)cc1CF. The number of rotatable bonds is 1. The minimum atomic E-state index is -0.563. The first-order chi connectivity index (χ1) is 4.74. The largest absolute Gasteiger partial charge is 0.398 e. The van der Waals surface area contributed by atoms with Crippen LogP contribution in [0.25, 0.3) is 0 Å². The number of nitrogen functional groups attached to an aromatic ring is 1. The quantitative estimate of drug-likeness (QED) is 0.626. The Morgan fingerprint density at radius 2 is 2.20 bits per heavy atom. The number of alkyl halides is 1. The van der Waals surface area contributed by atoms with Gasteiger partial charge in [0.05, 0.1) is 0 Å². The van der Waals surface area contributed by atoms with Crippen LogP contribution in [0.15, 0.2) is 18.2 Å². The maximum atomic E-state index is 12.0. The molecule has 0 aliphatic heterocycles. The highest BCUT2D eigenvalue weighted by Gasteiger charge is 1.97. The van der Waals surface area contributed by atoms with Crippen LogP contribution in [0.1, 0.15) is 5.56 Å². The van der Waals surface area contributed by atoms with Crippen molar-refractivity contribution in [3.8, 4) is 0 Å². The monoisotopic (exact) mass is 159 g/mol. The molecule has 0 aromatic heterocycles. The Bertz CT molecular complexity index is 237. The third-order valence-electron chi connectivity index (χ3n) is 1.25. The smallest absolute Gasteiger partial charge is 0.117 e. The van der Waals surface area contributed by atoms with E-state index >= 15 is 0 Å². The molecule has 0 atom stereocenters. The Morgan fingerprint density at radius 1 is 1.50 bits per heavy atom. The zero-order chi connectivity index (χ0) is 7.56. The third-order valence-corrected chi connectivity index (χ3v) is 1.48. The first kappa shape index (κ1) is 7.35.